The number of aromatic nitrogens is 1. The average Bonchev–Trinajstić information content (AvgIpc) is 3.32. The molecule has 36 heavy (non-hydrogen) atoms. The van der Waals surface area contributed by atoms with E-state index >= 15 is 0 Å². The number of aliphatic hydroxyl groups excluding tert-OH is 2. The van der Waals surface area contributed by atoms with Crippen molar-refractivity contribution in [3.8, 4) is 17.2 Å². The van der Waals surface area contributed by atoms with Crippen molar-refractivity contribution in [3.63, 3.8) is 0 Å². The summed E-state index contributed by atoms with van der Waals surface area (Å²) < 4.78 is 5.36. The van der Waals surface area contributed by atoms with Gasteiger partial charge in [-0.25, -0.2) is 4.98 Å². The molecule has 0 radical (unpaired) electrons. The number of hydrogen-bond acceptors (Lipinski definition) is 10. The van der Waals surface area contributed by atoms with E-state index in [4.69, 9.17) is 10.2 Å². The Bertz CT molecular complexity index is 1390. The fourth-order valence-electron chi connectivity index (χ4n) is 5.77. The fraction of sp³-hybridized carbons (Fsp3) is 0.360. The number of benzene rings is 1. The van der Waals surface area contributed by atoms with Crippen LogP contribution in [0.1, 0.15) is 29.5 Å². The van der Waals surface area contributed by atoms with Crippen LogP contribution in [0.25, 0.3) is 17.2 Å². The van der Waals surface area contributed by atoms with Gasteiger partial charge in [0.1, 0.15) is 29.1 Å². The number of ketones is 2. The molecule has 0 bridgehead atoms. The van der Waals surface area contributed by atoms with Crippen LogP contribution in [0, 0.1) is 11.8 Å². The molecule has 5 rings (SSSR count). The number of Topliss-reactive ketones (excluding diaryl/α,β-unsaturated/α-hetero) is 2. The number of fused-ring (bicyclic) bond motifs is 3. The van der Waals surface area contributed by atoms with E-state index in [1.54, 1.807) is 6.07 Å². The van der Waals surface area contributed by atoms with Crippen LogP contribution in [-0.2, 0) is 27.3 Å². The predicted molar refractivity (Wildman–Crippen MR) is 124 cm³/mol. The van der Waals surface area contributed by atoms with Gasteiger partial charge in [-0.3, -0.25) is 14.4 Å². The summed E-state index contributed by atoms with van der Waals surface area (Å²) in [6.07, 6.45) is 2.69. The summed E-state index contributed by atoms with van der Waals surface area (Å²) in [6, 6.07) is 1.72. The summed E-state index contributed by atoms with van der Waals surface area (Å²) in [5.41, 5.74) is 3.20. The molecule has 0 spiro atoms. The molecule has 1 unspecified atom stereocenters. The third-order valence-corrected chi connectivity index (χ3v) is 7.31. The largest absolute Gasteiger partial charge is 0.508 e. The Hall–Kier alpha value is -3.96. The molecule has 1 amide bonds. The summed E-state index contributed by atoms with van der Waals surface area (Å²) in [7, 11) is 3.72. The van der Waals surface area contributed by atoms with Gasteiger partial charge < -0.3 is 35.5 Å². The second kappa shape index (κ2) is 8.04. The van der Waals surface area contributed by atoms with E-state index < -0.39 is 52.0 Å². The first-order chi connectivity index (χ1) is 17.0. The molecule has 1 aromatic heterocycles. The van der Waals surface area contributed by atoms with Crippen molar-refractivity contribution in [1.29, 1.82) is 0 Å². The first kappa shape index (κ1) is 23.8. The molecule has 0 saturated heterocycles. The molecule has 0 aliphatic heterocycles. The number of nitrogens with zero attached hydrogens (tertiary/aromatic N) is 2. The van der Waals surface area contributed by atoms with Crippen molar-refractivity contribution in [1.82, 2.24) is 9.88 Å². The number of primary amides is 1. The van der Waals surface area contributed by atoms with Gasteiger partial charge in [0.25, 0.3) is 5.91 Å². The number of hydrogen-bond donors (Lipinski definition) is 5. The highest BCUT2D eigenvalue weighted by molar-refractivity contribution is 6.22. The lowest BCUT2D eigenvalue weighted by Gasteiger charge is -2.46. The topological polar surface area (TPSA) is 187 Å². The molecular weight excluding hydrogens is 470 g/mol. The second-order valence-corrected chi connectivity index (χ2v) is 9.77. The first-order valence-corrected chi connectivity index (χ1v) is 11.4. The Morgan fingerprint density at radius 2 is 1.97 bits per heavy atom. The number of amides is 1. The van der Waals surface area contributed by atoms with Gasteiger partial charge in [0.05, 0.1) is 17.3 Å². The van der Waals surface area contributed by atoms with E-state index in [2.05, 4.69) is 4.98 Å². The van der Waals surface area contributed by atoms with Gasteiger partial charge in [-0.2, -0.15) is 0 Å². The lowest BCUT2D eigenvalue weighted by Crippen LogP contribution is -2.58. The highest BCUT2D eigenvalue weighted by Gasteiger charge is 2.60. The van der Waals surface area contributed by atoms with Crippen molar-refractivity contribution >= 4 is 23.2 Å². The SMILES string of the molecule is CN(C)Cc1cc(-c2ncco2)c(O)c2c1CC1C[C@H]3CC(=O)C(C(N)=O)=C(O)[C@@]3(O)C(=O)C1=C2O. The molecule has 11 nitrogen and oxygen atoms in total. The van der Waals surface area contributed by atoms with Crippen LogP contribution in [-0.4, -0.2) is 67.5 Å². The van der Waals surface area contributed by atoms with E-state index in [1.807, 2.05) is 19.0 Å². The lowest BCUT2D eigenvalue weighted by atomic mass is 9.59. The highest BCUT2D eigenvalue weighted by Crippen LogP contribution is 2.53. The number of aromatic hydroxyl groups is 1. The van der Waals surface area contributed by atoms with Crippen molar-refractivity contribution in [2.24, 2.45) is 17.6 Å². The van der Waals surface area contributed by atoms with Crippen LogP contribution >= 0.6 is 0 Å². The smallest absolute Gasteiger partial charge is 0.255 e. The molecule has 3 atom stereocenters. The number of carbonyl (C=O) groups is 3. The zero-order valence-electron chi connectivity index (χ0n) is 19.6. The van der Waals surface area contributed by atoms with Gasteiger partial charge in [-0.05, 0) is 50.0 Å². The predicted octanol–water partition coefficient (Wildman–Crippen LogP) is 1.14. The number of nitrogens with two attached hydrogens (primary N) is 1. The summed E-state index contributed by atoms with van der Waals surface area (Å²) in [6.45, 7) is 0.441. The molecule has 1 fully saturated rings. The number of carbonyl (C=O) groups excluding carboxylic acids is 3. The minimum atomic E-state index is -2.60. The Kier molecular flexibility index (Phi) is 5.31. The Labute approximate surface area is 205 Å². The minimum Gasteiger partial charge on any atom is -0.508 e. The zero-order valence-corrected chi connectivity index (χ0v) is 19.6. The van der Waals surface area contributed by atoms with Gasteiger partial charge >= 0.3 is 0 Å². The highest BCUT2D eigenvalue weighted by atomic mass is 16.4. The number of phenolic OH excluding ortho intramolecular Hbond substituents is 1. The molecule has 6 N–H and O–H groups in total. The van der Waals surface area contributed by atoms with Crippen molar-refractivity contribution in [2.75, 3.05) is 14.1 Å². The summed E-state index contributed by atoms with van der Waals surface area (Å²) in [5.74, 6) is -6.54. The number of oxazole rings is 1. The van der Waals surface area contributed by atoms with Crippen molar-refractivity contribution in [3.05, 3.63) is 52.1 Å². The number of aliphatic hydroxyl groups is 3. The molecular formula is C25H25N3O8. The van der Waals surface area contributed by atoms with Crippen LogP contribution < -0.4 is 5.73 Å². The summed E-state index contributed by atoms with van der Waals surface area (Å²) in [4.78, 5) is 43.9. The Balaban J connectivity index is 1.74. The van der Waals surface area contributed by atoms with Gasteiger partial charge in [0.2, 0.25) is 11.7 Å². The lowest BCUT2D eigenvalue weighted by molar-refractivity contribution is -0.147. The third kappa shape index (κ3) is 3.20. The van der Waals surface area contributed by atoms with E-state index in [0.717, 1.165) is 5.56 Å². The summed E-state index contributed by atoms with van der Waals surface area (Å²) >= 11 is 0. The van der Waals surface area contributed by atoms with Crippen molar-refractivity contribution < 1.29 is 39.2 Å². The standard InChI is InChI=1S/C25H25N3O8/c1-28(2)9-11-7-14(24-27-3-4-36-24)19(30)17-13(11)6-10-5-12-8-15(29)18(23(26)34)22(33)25(12,35)21(32)16(10)20(17)31/h3-4,7,10,12,30-31,33,35H,5-6,8-9H2,1-2H3,(H2,26,34)/t10?,12-,25-/m0/s1. The number of rotatable bonds is 4. The van der Waals surface area contributed by atoms with E-state index in [1.165, 1.54) is 12.5 Å². The normalized spacial score (nSPS) is 25.7. The van der Waals surface area contributed by atoms with Gasteiger partial charge in [-0.1, -0.05) is 0 Å². The second-order valence-electron chi connectivity index (χ2n) is 9.77. The monoisotopic (exact) mass is 495 g/mol. The van der Waals surface area contributed by atoms with E-state index in [-0.39, 0.29) is 47.6 Å². The van der Waals surface area contributed by atoms with Crippen LogP contribution in [0.4, 0.5) is 0 Å². The maximum Gasteiger partial charge on any atom is 0.255 e. The molecule has 2 aromatic rings. The van der Waals surface area contributed by atoms with Crippen LogP contribution in [0.15, 0.2) is 39.8 Å². The average molecular weight is 495 g/mol. The quantitative estimate of drug-likeness (QED) is 0.385. The maximum absolute atomic E-state index is 13.7. The Morgan fingerprint density at radius 3 is 2.58 bits per heavy atom. The zero-order chi connectivity index (χ0) is 26.1. The fourth-order valence-corrected chi connectivity index (χ4v) is 5.77. The summed E-state index contributed by atoms with van der Waals surface area (Å²) in [5, 5.41) is 44.6. The number of phenols is 1. The van der Waals surface area contributed by atoms with Crippen LogP contribution in [0.2, 0.25) is 0 Å². The third-order valence-electron chi connectivity index (χ3n) is 7.31. The van der Waals surface area contributed by atoms with E-state index in [9.17, 15) is 34.8 Å². The molecule has 3 aliphatic carbocycles. The van der Waals surface area contributed by atoms with Gasteiger partial charge in [0, 0.05) is 24.5 Å². The first-order valence-electron chi connectivity index (χ1n) is 11.4. The molecule has 1 aromatic carbocycles. The van der Waals surface area contributed by atoms with E-state index in [0.29, 0.717) is 12.1 Å². The molecule has 11 heteroatoms. The maximum atomic E-state index is 13.7. The molecule has 1 heterocycles. The molecule has 188 valence electrons. The molecule has 3 aliphatic rings. The minimum absolute atomic E-state index is 0.00896. The van der Waals surface area contributed by atoms with Crippen LogP contribution in [0.3, 0.4) is 0 Å². The Morgan fingerprint density at radius 1 is 1.25 bits per heavy atom. The van der Waals surface area contributed by atoms with Crippen molar-refractivity contribution in [2.45, 2.75) is 31.4 Å². The van der Waals surface area contributed by atoms with Gasteiger partial charge in [0.15, 0.2) is 11.4 Å². The molecule has 1 saturated carbocycles. The van der Waals surface area contributed by atoms with Gasteiger partial charge in [-0.15, -0.1) is 0 Å². The van der Waals surface area contributed by atoms with Crippen LogP contribution in [0.5, 0.6) is 5.75 Å².